The van der Waals surface area contributed by atoms with Crippen LogP contribution >= 0.6 is 0 Å². The van der Waals surface area contributed by atoms with Crippen LogP contribution in [0.15, 0.2) is 82.6 Å². The van der Waals surface area contributed by atoms with Gasteiger partial charge in [-0.3, -0.25) is 9.78 Å². The van der Waals surface area contributed by atoms with Crippen LogP contribution < -0.4 is 9.47 Å². The standard InChI is InChI=1S/C34H33N3O7S/c1-36(28(38)11-8-21-13-18-43-20-21)24-12-14-34(39)27-19-23-9-10-25(42-2)31-29(23)33(34,32(24)44-31)15-17-37(27)45(40,41)26-7-3-5-22-6-4-16-35-30(22)26/h3-11,13,16,18,20,24,27,32,39H,12,14-15,17,19H2,1-2H3/b11-8+/t24-,27-,32+,33+,34-/m1/s1. The number of pyridine rings is 1. The Kier molecular flexibility index (Phi) is 6.23. The zero-order chi connectivity index (χ0) is 31.1. The van der Waals surface area contributed by atoms with Gasteiger partial charge in [0.1, 0.15) is 11.0 Å². The van der Waals surface area contributed by atoms with E-state index < -0.39 is 33.2 Å². The maximum Gasteiger partial charge on any atom is 0.246 e. The number of rotatable bonds is 6. The first-order chi connectivity index (χ1) is 21.7. The second-order valence-electron chi connectivity index (χ2n) is 12.4. The van der Waals surface area contributed by atoms with Crippen LogP contribution in [0.25, 0.3) is 17.0 Å². The van der Waals surface area contributed by atoms with Crippen molar-refractivity contribution < 1.29 is 32.2 Å². The molecule has 10 nitrogen and oxygen atoms in total. The highest BCUT2D eigenvalue weighted by molar-refractivity contribution is 7.89. The number of para-hydroxylation sites is 1. The number of hydrogen-bond donors (Lipinski definition) is 1. The van der Waals surface area contributed by atoms with Crippen molar-refractivity contribution in [1.82, 2.24) is 14.2 Å². The highest BCUT2D eigenvalue weighted by Crippen LogP contribution is 2.66. The smallest absolute Gasteiger partial charge is 0.246 e. The maximum absolute atomic E-state index is 14.5. The lowest BCUT2D eigenvalue weighted by atomic mass is 9.48. The van der Waals surface area contributed by atoms with Gasteiger partial charge in [0.2, 0.25) is 15.9 Å². The minimum absolute atomic E-state index is 0.129. The maximum atomic E-state index is 14.5. The largest absolute Gasteiger partial charge is 0.493 e. The summed E-state index contributed by atoms with van der Waals surface area (Å²) in [5.74, 6) is 0.932. The van der Waals surface area contributed by atoms with Crippen LogP contribution in [0.4, 0.5) is 0 Å². The molecule has 1 spiro atoms. The van der Waals surface area contributed by atoms with E-state index in [0.29, 0.717) is 42.7 Å². The Morgan fingerprint density at radius 3 is 2.82 bits per heavy atom. The third-order valence-corrected chi connectivity index (χ3v) is 12.5. The second-order valence-corrected chi connectivity index (χ2v) is 14.3. The number of furan rings is 1. The lowest BCUT2D eigenvalue weighted by molar-refractivity contribution is -0.186. The van der Waals surface area contributed by atoms with Crippen molar-refractivity contribution in [3.63, 3.8) is 0 Å². The number of sulfonamides is 1. The summed E-state index contributed by atoms with van der Waals surface area (Å²) < 4.78 is 48.1. The number of piperidine rings is 1. The van der Waals surface area contributed by atoms with Gasteiger partial charge in [-0.2, -0.15) is 4.31 Å². The first-order valence-electron chi connectivity index (χ1n) is 15.1. The molecule has 5 atom stereocenters. The Bertz CT molecular complexity index is 1970. The molecular weight excluding hydrogens is 594 g/mol. The van der Waals surface area contributed by atoms with Crippen LogP contribution in [0.5, 0.6) is 11.5 Å². The number of ether oxygens (including phenoxy) is 2. The highest BCUT2D eigenvalue weighted by Gasteiger charge is 2.74. The molecule has 4 aromatic rings. The van der Waals surface area contributed by atoms with Crippen LogP contribution in [-0.2, 0) is 26.7 Å². The molecule has 45 heavy (non-hydrogen) atoms. The average molecular weight is 628 g/mol. The van der Waals surface area contributed by atoms with E-state index >= 15 is 0 Å². The zero-order valence-electron chi connectivity index (χ0n) is 24.9. The first kappa shape index (κ1) is 28.3. The molecule has 1 saturated carbocycles. The molecule has 0 unspecified atom stereocenters. The number of nitrogens with zero attached hydrogens (tertiary/aromatic N) is 3. The van der Waals surface area contributed by atoms with E-state index in [0.717, 1.165) is 22.1 Å². The van der Waals surface area contributed by atoms with Gasteiger partial charge < -0.3 is 23.9 Å². The topological polar surface area (TPSA) is 122 Å². The van der Waals surface area contributed by atoms with Crippen molar-refractivity contribution in [3.8, 4) is 11.5 Å². The quantitative estimate of drug-likeness (QED) is 0.320. The van der Waals surface area contributed by atoms with E-state index in [1.54, 1.807) is 68.1 Å². The van der Waals surface area contributed by atoms with Crippen LogP contribution in [0.2, 0.25) is 0 Å². The first-order valence-corrected chi connectivity index (χ1v) is 16.6. The number of carbonyl (C=O) groups excluding carboxylic acids is 1. The molecule has 4 aliphatic rings. The predicted octanol–water partition coefficient (Wildman–Crippen LogP) is 3.92. The zero-order valence-corrected chi connectivity index (χ0v) is 25.7. The molecule has 1 N–H and O–H groups in total. The Morgan fingerprint density at radius 1 is 1.18 bits per heavy atom. The fourth-order valence-corrected chi connectivity index (χ4v) is 10.4. The minimum Gasteiger partial charge on any atom is -0.493 e. The van der Waals surface area contributed by atoms with E-state index in [-0.39, 0.29) is 23.4 Å². The lowest BCUT2D eigenvalue weighted by Crippen LogP contribution is -2.78. The Balaban J connectivity index is 1.23. The van der Waals surface area contributed by atoms with E-state index in [2.05, 4.69) is 4.98 Å². The normalized spacial score (nSPS) is 28.6. The van der Waals surface area contributed by atoms with Gasteiger partial charge in [-0.1, -0.05) is 24.3 Å². The molecule has 1 amide bonds. The Labute approximate surface area is 260 Å². The van der Waals surface area contributed by atoms with Crippen molar-refractivity contribution in [2.45, 2.75) is 59.8 Å². The molecular formula is C34H33N3O7S. The van der Waals surface area contributed by atoms with Gasteiger partial charge >= 0.3 is 0 Å². The number of benzene rings is 2. The third kappa shape index (κ3) is 3.77. The van der Waals surface area contributed by atoms with Gasteiger partial charge in [0, 0.05) is 42.4 Å². The van der Waals surface area contributed by atoms with E-state index in [4.69, 9.17) is 13.9 Å². The molecule has 11 heteroatoms. The molecule has 2 bridgehead atoms. The Morgan fingerprint density at radius 2 is 2.02 bits per heavy atom. The van der Waals surface area contributed by atoms with Gasteiger partial charge in [-0.25, -0.2) is 8.42 Å². The summed E-state index contributed by atoms with van der Waals surface area (Å²) in [5, 5.41) is 13.7. The lowest BCUT2D eigenvalue weighted by Gasteiger charge is -2.64. The van der Waals surface area contributed by atoms with Gasteiger partial charge in [0.15, 0.2) is 11.5 Å². The molecule has 232 valence electrons. The summed E-state index contributed by atoms with van der Waals surface area (Å²) >= 11 is 0. The average Bonchev–Trinajstić information content (AvgIpc) is 3.69. The van der Waals surface area contributed by atoms with Crippen molar-refractivity contribution in [2.75, 3.05) is 20.7 Å². The summed E-state index contributed by atoms with van der Waals surface area (Å²) in [4.78, 5) is 19.7. The number of amides is 1. The van der Waals surface area contributed by atoms with Crippen LogP contribution in [0.1, 0.15) is 36.0 Å². The summed E-state index contributed by atoms with van der Waals surface area (Å²) in [6.45, 7) is 0.180. The van der Waals surface area contributed by atoms with Crippen molar-refractivity contribution in [1.29, 1.82) is 0 Å². The summed E-state index contributed by atoms with van der Waals surface area (Å²) in [5.41, 5.74) is 0.604. The molecule has 2 aromatic carbocycles. The molecule has 0 radical (unpaired) electrons. The number of fused-ring (bicyclic) bond motifs is 1. The van der Waals surface area contributed by atoms with E-state index in [1.807, 2.05) is 24.3 Å². The molecule has 8 rings (SSSR count). The predicted molar refractivity (Wildman–Crippen MR) is 165 cm³/mol. The van der Waals surface area contributed by atoms with Gasteiger partial charge in [0.25, 0.3) is 0 Å². The van der Waals surface area contributed by atoms with Gasteiger partial charge in [-0.15, -0.1) is 0 Å². The van der Waals surface area contributed by atoms with Crippen LogP contribution in [0, 0.1) is 0 Å². The van der Waals surface area contributed by atoms with Crippen LogP contribution in [-0.4, -0.2) is 78.1 Å². The van der Waals surface area contributed by atoms with E-state index in [1.165, 1.54) is 10.4 Å². The van der Waals surface area contributed by atoms with Gasteiger partial charge in [0.05, 0.1) is 48.3 Å². The number of carbonyl (C=O) groups is 1. The number of aliphatic hydroxyl groups is 1. The van der Waals surface area contributed by atoms with Gasteiger partial charge in [-0.05, 0) is 61.6 Å². The molecule has 2 aliphatic heterocycles. The molecule has 2 fully saturated rings. The minimum atomic E-state index is -4.06. The SMILES string of the molecule is COc1ccc2c3c1O[C@H]1[C@H](N(C)C(=O)/C=C/c4ccoc4)CC[C@@]4(O)[C@@H](C2)N(S(=O)(=O)c2cccc5cccnc25)CC[C@]314. The van der Waals surface area contributed by atoms with Crippen molar-refractivity contribution in [2.24, 2.45) is 0 Å². The molecule has 2 aromatic heterocycles. The number of hydrogen-bond acceptors (Lipinski definition) is 8. The fraction of sp³-hybridized carbons (Fsp3) is 0.353. The van der Waals surface area contributed by atoms with Crippen LogP contribution in [0.3, 0.4) is 0 Å². The molecule has 1 saturated heterocycles. The van der Waals surface area contributed by atoms with E-state index in [9.17, 15) is 18.3 Å². The highest BCUT2D eigenvalue weighted by atomic mass is 32.2. The number of aromatic nitrogens is 1. The molecule has 2 aliphatic carbocycles. The fourth-order valence-electron chi connectivity index (χ4n) is 8.54. The van der Waals surface area contributed by atoms with Crippen molar-refractivity contribution >= 4 is 32.9 Å². The summed E-state index contributed by atoms with van der Waals surface area (Å²) in [7, 11) is -0.716. The molecule has 4 heterocycles. The number of methoxy groups -OCH3 is 1. The summed E-state index contributed by atoms with van der Waals surface area (Å²) in [6, 6.07) is 13.2. The van der Waals surface area contributed by atoms with Crippen molar-refractivity contribution in [3.05, 3.63) is 90.0 Å². The second kappa shape index (κ2) is 9.90. The number of likely N-dealkylation sites (N-methyl/N-ethyl adjacent to an activating group) is 1. The third-order valence-electron chi connectivity index (χ3n) is 10.6. The monoisotopic (exact) mass is 627 g/mol. The Hall–Kier alpha value is -4.19. The summed E-state index contributed by atoms with van der Waals surface area (Å²) in [6.07, 6.45) is 8.67.